The molecule has 0 saturated heterocycles. The molecule has 1 radical (unpaired) electrons. The maximum Gasteiger partial charge on any atom is 0 e. The van der Waals surface area contributed by atoms with E-state index in [9.17, 15) is 0 Å². The molecular weight excluding hydrogens is 191 g/mol. The third kappa shape index (κ3) is 2.33. The number of fused-ring (bicyclic) bond motifs is 2. The van der Waals surface area contributed by atoms with Crippen molar-refractivity contribution >= 4 is 29.6 Å². The largest absolute Gasteiger partial charge is 0.0839 e. The fourth-order valence-electron chi connectivity index (χ4n) is 3.22. The molecule has 0 bridgehead atoms. The Morgan fingerprint density at radius 3 is 3.00 bits per heavy atom. The topological polar surface area (TPSA) is 0 Å². The van der Waals surface area contributed by atoms with Crippen LogP contribution in [0.25, 0.3) is 0 Å². The average molecular weight is 209 g/mol. The summed E-state index contributed by atoms with van der Waals surface area (Å²) >= 11 is 0. The van der Waals surface area contributed by atoms with Gasteiger partial charge in [0.15, 0.2) is 0 Å². The molecule has 15 heavy (non-hydrogen) atoms. The molecule has 75 valence electrons. The molecule has 0 heterocycles. The van der Waals surface area contributed by atoms with Crippen LogP contribution in [0.1, 0.15) is 38.5 Å². The molecule has 3 rings (SSSR count). The third-order valence-corrected chi connectivity index (χ3v) is 4.03. The molecular formula is C14H18Na. The zero-order valence-corrected chi connectivity index (χ0v) is 11.7. The van der Waals surface area contributed by atoms with E-state index in [1.807, 2.05) is 0 Å². The molecule has 0 aliphatic heterocycles. The van der Waals surface area contributed by atoms with Crippen molar-refractivity contribution in [2.75, 3.05) is 0 Å². The Hall–Kier alpha value is 0.220. The fourth-order valence-corrected chi connectivity index (χ4v) is 3.22. The zero-order valence-electron chi connectivity index (χ0n) is 9.71. The second kappa shape index (κ2) is 5.03. The Balaban J connectivity index is 0.000000853. The molecule has 0 spiro atoms. The van der Waals surface area contributed by atoms with Gasteiger partial charge in [0.05, 0.1) is 0 Å². The molecule has 2 unspecified atom stereocenters. The number of hydrogen-bond acceptors (Lipinski definition) is 0. The summed E-state index contributed by atoms with van der Waals surface area (Å²) in [5.74, 6) is 1.80. The Morgan fingerprint density at radius 1 is 1.13 bits per heavy atom. The minimum absolute atomic E-state index is 0. The van der Waals surface area contributed by atoms with Crippen LogP contribution in [0.4, 0.5) is 0 Å². The van der Waals surface area contributed by atoms with Crippen molar-refractivity contribution < 1.29 is 0 Å². The van der Waals surface area contributed by atoms with Crippen molar-refractivity contribution in [1.82, 2.24) is 0 Å². The Bertz CT molecular complexity index is 322. The second-order valence-electron chi connectivity index (χ2n) is 4.93. The maximum absolute atomic E-state index is 2.52. The van der Waals surface area contributed by atoms with Gasteiger partial charge in [0, 0.05) is 29.6 Å². The van der Waals surface area contributed by atoms with Crippen molar-refractivity contribution in [3.05, 3.63) is 35.5 Å². The van der Waals surface area contributed by atoms with Gasteiger partial charge in [-0.3, -0.25) is 0 Å². The minimum Gasteiger partial charge on any atom is -0.0839 e. The quantitative estimate of drug-likeness (QED) is 0.534. The molecule has 3 aliphatic rings. The van der Waals surface area contributed by atoms with Crippen molar-refractivity contribution in [1.29, 1.82) is 0 Å². The maximum atomic E-state index is 2.52. The minimum atomic E-state index is 0. The Labute approximate surface area is 115 Å². The standard InChI is InChI=1S/C14H18.Na/c1-2-6-12-10-14-8-4-3-7-13(14)9-11(12)5-1;/h1-2,5,9,12,14H,3-4,6-8,10H2;. The summed E-state index contributed by atoms with van der Waals surface area (Å²) in [5.41, 5.74) is 3.37. The molecule has 1 heteroatoms. The monoisotopic (exact) mass is 209 g/mol. The van der Waals surface area contributed by atoms with Gasteiger partial charge in [-0.2, -0.15) is 0 Å². The molecule has 0 aromatic heterocycles. The van der Waals surface area contributed by atoms with E-state index in [4.69, 9.17) is 0 Å². The smallest absolute Gasteiger partial charge is 0 e. The van der Waals surface area contributed by atoms with Crippen LogP contribution in [0.15, 0.2) is 35.5 Å². The van der Waals surface area contributed by atoms with Gasteiger partial charge < -0.3 is 0 Å². The van der Waals surface area contributed by atoms with Gasteiger partial charge in [0.2, 0.25) is 0 Å². The summed E-state index contributed by atoms with van der Waals surface area (Å²) in [7, 11) is 0. The molecule has 0 N–H and O–H groups in total. The van der Waals surface area contributed by atoms with Crippen molar-refractivity contribution in [2.45, 2.75) is 38.5 Å². The summed E-state index contributed by atoms with van der Waals surface area (Å²) in [6.45, 7) is 0. The third-order valence-electron chi connectivity index (χ3n) is 4.03. The van der Waals surface area contributed by atoms with Crippen LogP contribution in [0.3, 0.4) is 0 Å². The van der Waals surface area contributed by atoms with E-state index >= 15 is 0 Å². The van der Waals surface area contributed by atoms with E-state index in [0.717, 1.165) is 11.8 Å². The van der Waals surface area contributed by atoms with E-state index in [1.54, 1.807) is 11.1 Å². The normalized spacial score (nSPS) is 33.1. The van der Waals surface area contributed by atoms with E-state index in [-0.39, 0.29) is 29.6 Å². The molecule has 0 amide bonds. The molecule has 2 atom stereocenters. The van der Waals surface area contributed by atoms with Crippen molar-refractivity contribution in [2.24, 2.45) is 11.8 Å². The summed E-state index contributed by atoms with van der Waals surface area (Å²) in [4.78, 5) is 0. The molecule has 3 aliphatic carbocycles. The number of hydrogen-bond donors (Lipinski definition) is 0. The molecule has 0 nitrogen and oxygen atoms in total. The van der Waals surface area contributed by atoms with Gasteiger partial charge in [-0.25, -0.2) is 0 Å². The van der Waals surface area contributed by atoms with Crippen molar-refractivity contribution in [3.63, 3.8) is 0 Å². The number of rotatable bonds is 0. The van der Waals surface area contributed by atoms with Gasteiger partial charge in [0.1, 0.15) is 0 Å². The first-order valence-corrected chi connectivity index (χ1v) is 6.00. The summed E-state index contributed by atoms with van der Waals surface area (Å²) in [6, 6.07) is 0. The summed E-state index contributed by atoms with van der Waals surface area (Å²) in [6.07, 6.45) is 17.8. The summed E-state index contributed by atoms with van der Waals surface area (Å²) in [5, 5.41) is 0. The predicted molar refractivity (Wildman–Crippen MR) is 65.7 cm³/mol. The van der Waals surface area contributed by atoms with E-state index < -0.39 is 0 Å². The van der Waals surface area contributed by atoms with E-state index in [1.165, 1.54) is 38.5 Å². The van der Waals surface area contributed by atoms with Gasteiger partial charge >= 0.3 is 0 Å². The van der Waals surface area contributed by atoms with E-state index in [2.05, 4.69) is 24.3 Å². The number of allylic oxidation sites excluding steroid dienone is 6. The van der Waals surface area contributed by atoms with Crippen LogP contribution in [-0.2, 0) is 0 Å². The van der Waals surface area contributed by atoms with Crippen LogP contribution >= 0.6 is 0 Å². The Kier molecular flexibility index (Phi) is 3.93. The van der Waals surface area contributed by atoms with E-state index in [0.29, 0.717) is 0 Å². The first kappa shape index (κ1) is 11.7. The zero-order chi connectivity index (χ0) is 9.38. The van der Waals surface area contributed by atoms with Gasteiger partial charge in [-0.1, -0.05) is 36.3 Å². The van der Waals surface area contributed by atoms with Crippen LogP contribution in [0.2, 0.25) is 0 Å². The molecule has 1 saturated carbocycles. The van der Waals surface area contributed by atoms with Gasteiger partial charge in [-0.05, 0) is 49.5 Å². The second-order valence-corrected chi connectivity index (χ2v) is 4.93. The molecule has 1 fully saturated rings. The van der Waals surface area contributed by atoms with Crippen LogP contribution in [-0.4, -0.2) is 29.6 Å². The van der Waals surface area contributed by atoms with Gasteiger partial charge in [-0.15, -0.1) is 0 Å². The SMILES string of the molecule is C1=CCC2CC3CCCCC3=CC2=C1.[Na]. The first-order valence-electron chi connectivity index (χ1n) is 6.00. The predicted octanol–water partition coefficient (Wildman–Crippen LogP) is 3.63. The van der Waals surface area contributed by atoms with Crippen LogP contribution < -0.4 is 0 Å². The average Bonchev–Trinajstić information content (AvgIpc) is 2.26. The van der Waals surface area contributed by atoms with Crippen LogP contribution in [0, 0.1) is 11.8 Å². The first-order chi connectivity index (χ1) is 6.93. The van der Waals surface area contributed by atoms with Gasteiger partial charge in [0.25, 0.3) is 0 Å². The van der Waals surface area contributed by atoms with Crippen LogP contribution in [0.5, 0.6) is 0 Å². The summed E-state index contributed by atoms with van der Waals surface area (Å²) < 4.78 is 0. The molecule has 0 aromatic carbocycles. The van der Waals surface area contributed by atoms with Crippen molar-refractivity contribution in [3.8, 4) is 0 Å². The molecule has 0 aromatic rings. The fraction of sp³-hybridized carbons (Fsp3) is 0.571. The Morgan fingerprint density at radius 2 is 2.07 bits per heavy atom.